The molecule has 0 saturated carbocycles. The first-order valence-electron chi connectivity index (χ1n) is 5.25. The van der Waals surface area contributed by atoms with Gasteiger partial charge in [0.15, 0.2) is 0 Å². The van der Waals surface area contributed by atoms with Crippen LogP contribution in [0.15, 0.2) is 23.1 Å². The second-order valence-electron chi connectivity index (χ2n) is 3.79. The first-order chi connectivity index (χ1) is 7.90. The molecular formula is C11H15ClFNO2S. The lowest BCUT2D eigenvalue weighted by molar-refractivity contribution is 0.556. The Morgan fingerprint density at radius 1 is 1.47 bits per heavy atom. The standard InChI is InChI=1S/C11H15ClFNO2S/c1-3-10(7-12)14-17(15,16)11-5-4-9(13)6-8(11)2/h4-6,10,14H,3,7H2,1-2H3. The molecule has 0 aliphatic carbocycles. The van der Waals surface area contributed by atoms with Gasteiger partial charge in [0.2, 0.25) is 10.0 Å². The van der Waals surface area contributed by atoms with Gasteiger partial charge in [-0.1, -0.05) is 6.92 Å². The highest BCUT2D eigenvalue weighted by Crippen LogP contribution is 2.16. The summed E-state index contributed by atoms with van der Waals surface area (Å²) in [6.45, 7) is 3.40. The molecule has 17 heavy (non-hydrogen) atoms. The number of hydrogen-bond donors (Lipinski definition) is 1. The fourth-order valence-electron chi connectivity index (χ4n) is 1.42. The third-order valence-electron chi connectivity index (χ3n) is 2.43. The Bertz CT molecular complexity index is 486. The highest BCUT2D eigenvalue weighted by atomic mass is 35.5. The van der Waals surface area contributed by atoms with Crippen molar-refractivity contribution in [3.8, 4) is 0 Å². The molecular weight excluding hydrogens is 265 g/mol. The van der Waals surface area contributed by atoms with Crippen molar-refractivity contribution in [1.82, 2.24) is 4.72 Å². The van der Waals surface area contributed by atoms with Crippen molar-refractivity contribution in [2.45, 2.75) is 31.2 Å². The third kappa shape index (κ3) is 3.66. The number of rotatable bonds is 5. The molecule has 0 bridgehead atoms. The van der Waals surface area contributed by atoms with E-state index in [4.69, 9.17) is 11.6 Å². The lowest BCUT2D eigenvalue weighted by Gasteiger charge is -2.15. The van der Waals surface area contributed by atoms with Gasteiger partial charge in [0, 0.05) is 11.9 Å². The zero-order chi connectivity index (χ0) is 13.1. The van der Waals surface area contributed by atoms with Crippen molar-refractivity contribution in [2.75, 3.05) is 5.88 Å². The molecule has 0 saturated heterocycles. The Labute approximate surface area is 106 Å². The van der Waals surface area contributed by atoms with Gasteiger partial charge in [0.25, 0.3) is 0 Å². The SMILES string of the molecule is CCC(CCl)NS(=O)(=O)c1ccc(F)cc1C. The van der Waals surface area contributed by atoms with Crippen LogP contribution < -0.4 is 4.72 Å². The lowest BCUT2D eigenvalue weighted by atomic mass is 10.2. The first-order valence-corrected chi connectivity index (χ1v) is 7.27. The maximum atomic E-state index is 12.9. The Kier molecular flexibility index (Phi) is 4.91. The van der Waals surface area contributed by atoms with Crippen LogP contribution in [-0.4, -0.2) is 20.3 Å². The van der Waals surface area contributed by atoms with Crippen LogP contribution >= 0.6 is 11.6 Å². The van der Waals surface area contributed by atoms with Crippen molar-refractivity contribution in [1.29, 1.82) is 0 Å². The van der Waals surface area contributed by atoms with Gasteiger partial charge in [-0.2, -0.15) is 0 Å². The highest BCUT2D eigenvalue weighted by molar-refractivity contribution is 7.89. The summed E-state index contributed by atoms with van der Waals surface area (Å²) in [6.07, 6.45) is 0.600. The molecule has 6 heteroatoms. The zero-order valence-corrected chi connectivity index (χ0v) is 11.3. The minimum atomic E-state index is -3.63. The molecule has 0 fully saturated rings. The zero-order valence-electron chi connectivity index (χ0n) is 9.70. The Morgan fingerprint density at radius 2 is 2.12 bits per heavy atom. The minimum Gasteiger partial charge on any atom is -0.207 e. The molecule has 1 atom stereocenters. The van der Waals surface area contributed by atoms with E-state index in [0.717, 1.165) is 6.07 Å². The van der Waals surface area contributed by atoms with E-state index < -0.39 is 15.8 Å². The van der Waals surface area contributed by atoms with E-state index in [9.17, 15) is 12.8 Å². The van der Waals surface area contributed by atoms with E-state index in [1.807, 2.05) is 6.92 Å². The molecule has 0 radical (unpaired) electrons. The summed E-state index contributed by atoms with van der Waals surface area (Å²) in [5.74, 6) is -0.249. The molecule has 1 N–H and O–H groups in total. The van der Waals surface area contributed by atoms with Crippen molar-refractivity contribution in [2.24, 2.45) is 0 Å². The number of benzene rings is 1. The molecule has 1 aromatic carbocycles. The smallest absolute Gasteiger partial charge is 0.207 e. The highest BCUT2D eigenvalue weighted by Gasteiger charge is 2.20. The monoisotopic (exact) mass is 279 g/mol. The summed E-state index contributed by atoms with van der Waals surface area (Å²) in [5, 5.41) is 0. The van der Waals surface area contributed by atoms with Crippen molar-refractivity contribution < 1.29 is 12.8 Å². The van der Waals surface area contributed by atoms with Gasteiger partial charge in [-0.05, 0) is 37.1 Å². The van der Waals surface area contributed by atoms with Crippen molar-refractivity contribution in [3.05, 3.63) is 29.6 Å². The molecule has 0 aliphatic heterocycles. The Hall–Kier alpha value is -0.650. The van der Waals surface area contributed by atoms with Crippen LogP contribution in [-0.2, 0) is 10.0 Å². The van der Waals surface area contributed by atoms with Gasteiger partial charge < -0.3 is 0 Å². The second-order valence-corrected chi connectivity index (χ2v) is 5.78. The van der Waals surface area contributed by atoms with E-state index in [2.05, 4.69) is 4.72 Å². The molecule has 3 nitrogen and oxygen atoms in total. The Balaban J connectivity index is 3.05. The number of halogens is 2. The van der Waals surface area contributed by atoms with E-state index in [1.165, 1.54) is 12.1 Å². The van der Waals surface area contributed by atoms with Crippen LogP contribution in [0.4, 0.5) is 4.39 Å². The van der Waals surface area contributed by atoms with Gasteiger partial charge in [-0.25, -0.2) is 17.5 Å². The maximum Gasteiger partial charge on any atom is 0.241 e. The minimum absolute atomic E-state index is 0.0856. The van der Waals surface area contributed by atoms with Gasteiger partial charge in [0.1, 0.15) is 5.82 Å². The van der Waals surface area contributed by atoms with Crippen LogP contribution in [0, 0.1) is 12.7 Å². The average Bonchev–Trinajstić information content (AvgIpc) is 2.25. The average molecular weight is 280 g/mol. The van der Waals surface area contributed by atoms with E-state index >= 15 is 0 Å². The normalized spacial score (nSPS) is 13.6. The second kappa shape index (κ2) is 5.80. The molecule has 96 valence electrons. The Morgan fingerprint density at radius 3 is 2.59 bits per heavy atom. The van der Waals surface area contributed by atoms with Gasteiger partial charge in [-0.15, -0.1) is 11.6 Å². The van der Waals surface area contributed by atoms with Crippen LogP contribution in [0.5, 0.6) is 0 Å². The van der Waals surface area contributed by atoms with Crippen molar-refractivity contribution >= 4 is 21.6 Å². The van der Waals surface area contributed by atoms with Crippen molar-refractivity contribution in [3.63, 3.8) is 0 Å². The predicted octanol–water partition coefficient (Wildman–Crippen LogP) is 2.43. The summed E-state index contributed by atoms with van der Waals surface area (Å²) in [7, 11) is -3.63. The molecule has 0 aliphatic rings. The summed E-state index contributed by atoms with van der Waals surface area (Å²) in [5.41, 5.74) is 0.377. The fourth-order valence-corrected chi connectivity index (χ4v) is 3.35. The van der Waals surface area contributed by atoms with Crippen LogP contribution in [0.2, 0.25) is 0 Å². The van der Waals surface area contributed by atoms with Crippen LogP contribution in [0.3, 0.4) is 0 Å². The predicted molar refractivity (Wildman–Crippen MR) is 66.3 cm³/mol. The molecule has 0 spiro atoms. The van der Waals surface area contributed by atoms with Crippen LogP contribution in [0.1, 0.15) is 18.9 Å². The van der Waals surface area contributed by atoms with E-state index in [1.54, 1.807) is 6.92 Å². The summed E-state index contributed by atoms with van der Waals surface area (Å²) < 4.78 is 39.4. The third-order valence-corrected chi connectivity index (χ3v) is 4.48. The van der Waals surface area contributed by atoms with Crippen LogP contribution in [0.25, 0.3) is 0 Å². The number of nitrogens with one attached hydrogen (secondary N) is 1. The summed E-state index contributed by atoms with van der Waals surface area (Å²) in [6, 6.07) is 3.26. The molecule has 0 amide bonds. The first kappa shape index (κ1) is 14.4. The van der Waals surface area contributed by atoms with E-state index in [-0.39, 0.29) is 16.8 Å². The number of alkyl halides is 1. The molecule has 0 aromatic heterocycles. The molecule has 1 rings (SSSR count). The topological polar surface area (TPSA) is 46.2 Å². The summed E-state index contributed by atoms with van der Waals surface area (Å²) >= 11 is 5.64. The molecule has 1 unspecified atom stereocenters. The van der Waals surface area contributed by atoms with Gasteiger partial charge in [0.05, 0.1) is 4.90 Å². The molecule has 0 heterocycles. The largest absolute Gasteiger partial charge is 0.241 e. The van der Waals surface area contributed by atoms with E-state index in [0.29, 0.717) is 12.0 Å². The lowest BCUT2D eigenvalue weighted by Crippen LogP contribution is -2.35. The van der Waals surface area contributed by atoms with Gasteiger partial charge in [-0.3, -0.25) is 0 Å². The number of hydrogen-bond acceptors (Lipinski definition) is 2. The quantitative estimate of drug-likeness (QED) is 0.842. The fraction of sp³-hybridized carbons (Fsp3) is 0.455. The number of aryl methyl sites for hydroxylation is 1. The summed E-state index contributed by atoms with van der Waals surface area (Å²) in [4.78, 5) is 0.0856. The molecule has 1 aromatic rings. The maximum absolute atomic E-state index is 12.9. The number of sulfonamides is 1. The van der Waals surface area contributed by atoms with Gasteiger partial charge >= 0.3 is 0 Å².